The molecule has 0 aliphatic rings. The van der Waals surface area contributed by atoms with Gasteiger partial charge >= 0.3 is 39.5 Å². The maximum atomic E-state index is 13.1. The van der Waals surface area contributed by atoms with Crippen molar-refractivity contribution in [3.63, 3.8) is 0 Å². The maximum absolute atomic E-state index is 13.1. The van der Waals surface area contributed by atoms with Gasteiger partial charge in [0.25, 0.3) is 0 Å². The molecule has 0 heterocycles. The van der Waals surface area contributed by atoms with Crippen LogP contribution in [0.1, 0.15) is 336 Å². The van der Waals surface area contributed by atoms with Gasteiger partial charge in [0.05, 0.1) is 26.4 Å². The van der Waals surface area contributed by atoms with E-state index in [1.54, 1.807) is 0 Å². The second kappa shape index (κ2) is 75.0. The number of hydrogen-bond acceptors (Lipinski definition) is 15. The maximum Gasteiger partial charge on any atom is 0.472 e. The summed E-state index contributed by atoms with van der Waals surface area (Å²) in [5, 5.41) is 10.6. The number of aliphatic hydroxyl groups excluding tert-OH is 1. The van der Waals surface area contributed by atoms with Gasteiger partial charge in [-0.2, -0.15) is 0 Å². The Labute approximate surface area is 619 Å². The molecule has 17 nitrogen and oxygen atoms in total. The minimum absolute atomic E-state index is 0.0759. The molecular formula is C83H144O17P2. The van der Waals surface area contributed by atoms with Gasteiger partial charge in [0, 0.05) is 25.7 Å². The number of unbranched alkanes of at least 4 members (excludes halogenated alkanes) is 31. The second-order valence-corrected chi connectivity index (χ2v) is 29.5. The molecule has 0 radical (unpaired) electrons. The fraction of sp³-hybridized carbons (Fsp3) is 0.735. The Morgan fingerprint density at radius 1 is 0.284 bits per heavy atom. The zero-order valence-electron chi connectivity index (χ0n) is 64.3. The van der Waals surface area contributed by atoms with Crippen LogP contribution >= 0.6 is 15.6 Å². The van der Waals surface area contributed by atoms with Gasteiger partial charge in [0.15, 0.2) is 12.2 Å². The van der Waals surface area contributed by atoms with Crippen molar-refractivity contribution in [1.29, 1.82) is 0 Å². The predicted octanol–water partition coefficient (Wildman–Crippen LogP) is 23.3. The van der Waals surface area contributed by atoms with Crippen LogP contribution in [0, 0.1) is 0 Å². The molecule has 5 unspecified atom stereocenters. The highest BCUT2D eigenvalue weighted by Crippen LogP contribution is 2.45. The van der Waals surface area contributed by atoms with Crippen LogP contribution in [0.25, 0.3) is 0 Å². The monoisotopic (exact) mass is 1470 g/mol. The summed E-state index contributed by atoms with van der Waals surface area (Å²) in [6.45, 7) is 4.67. The average molecular weight is 1480 g/mol. The van der Waals surface area contributed by atoms with Gasteiger partial charge in [-0.05, 0) is 154 Å². The van der Waals surface area contributed by atoms with Gasteiger partial charge in [-0.3, -0.25) is 37.3 Å². The highest BCUT2D eigenvalue weighted by atomic mass is 31.2. The van der Waals surface area contributed by atoms with E-state index >= 15 is 0 Å². The van der Waals surface area contributed by atoms with Crippen LogP contribution in [0.2, 0.25) is 0 Å². The van der Waals surface area contributed by atoms with E-state index in [1.807, 2.05) is 0 Å². The van der Waals surface area contributed by atoms with E-state index in [-0.39, 0.29) is 25.7 Å². The Balaban J connectivity index is 5.39. The zero-order valence-corrected chi connectivity index (χ0v) is 66.0. The molecule has 0 saturated carbocycles. The molecular weight excluding hydrogens is 1330 g/mol. The number of rotatable bonds is 75. The number of phosphoric acid groups is 2. The van der Waals surface area contributed by atoms with Crippen molar-refractivity contribution < 1.29 is 80.2 Å². The standard InChI is InChI=1S/C83H144O17P2/c1-5-9-13-17-21-25-29-33-36-37-38-39-42-45-48-52-56-60-64-68-81(86)94-73-78(99-82(87)69-65-61-57-53-49-43-32-28-24-20-16-12-8-4)75-97-101(89,90)95-71-77(84)72-96-102(91,92)98-76-79(100-83(88)70-66-62-58-54-50-46-41-35-31-27-23-19-15-11-7-3)74-93-80(85)67-63-59-55-51-47-44-40-34-30-26-22-18-14-10-6-2/h9,13,21-22,25-26,28,32-36,38-41,45,48,77-79,84H,5-8,10-12,14-20,23-24,27,29-31,37,42-44,46-47,49-76H2,1-4H3,(H,89,90)(H,91,92)/b13-9-,25-21-,26-22-,32-28-,36-33-,39-38-,40-34-,41-35-,48-45-. The normalized spacial score (nSPS) is 14.5. The van der Waals surface area contributed by atoms with Gasteiger partial charge in [0.2, 0.25) is 0 Å². The lowest BCUT2D eigenvalue weighted by atomic mass is 10.1. The molecule has 3 N–H and O–H groups in total. The molecule has 0 rings (SSSR count). The molecule has 0 fully saturated rings. The van der Waals surface area contributed by atoms with Crippen molar-refractivity contribution >= 4 is 39.5 Å². The Bertz CT molecular complexity index is 2360. The number of carbonyl (C=O) groups excluding carboxylic acids is 4. The van der Waals surface area contributed by atoms with Crippen LogP contribution in [-0.2, 0) is 65.4 Å². The minimum atomic E-state index is -4.99. The van der Waals surface area contributed by atoms with E-state index in [4.69, 9.17) is 37.0 Å². The topological polar surface area (TPSA) is 237 Å². The smallest absolute Gasteiger partial charge is 0.462 e. The number of allylic oxidation sites excluding steroid dienone is 18. The number of hydrogen-bond donors (Lipinski definition) is 3. The summed E-state index contributed by atoms with van der Waals surface area (Å²) in [6, 6.07) is 0. The van der Waals surface area contributed by atoms with Gasteiger partial charge in [-0.25, -0.2) is 9.13 Å². The largest absolute Gasteiger partial charge is 0.472 e. The third-order valence-electron chi connectivity index (χ3n) is 16.7. The van der Waals surface area contributed by atoms with Crippen molar-refractivity contribution in [2.75, 3.05) is 39.6 Å². The molecule has 588 valence electrons. The lowest BCUT2D eigenvalue weighted by Gasteiger charge is -2.21. The van der Waals surface area contributed by atoms with Crippen molar-refractivity contribution in [1.82, 2.24) is 0 Å². The first-order chi connectivity index (χ1) is 49.7. The Morgan fingerprint density at radius 3 is 0.833 bits per heavy atom. The molecule has 102 heavy (non-hydrogen) atoms. The van der Waals surface area contributed by atoms with Gasteiger partial charge in [0.1, 0.15) is 19.3 Å². The molecule has 0 spiro atoms. The van der Waals surface area contributed by atoms with E-state index in [2.05, 4.69) is 137 Å². The van der Waals surface area contributed by atoms with Gasteiger partial charge in [-0.1, -0.05) is 265 Å². The number of esters is 4. The minimum Gasteiger partial charge on any atom is -0.462 e. The molecule has 0 saturated heterocycles. The fourth-order valence-corrected chi connectivity index (χ4v) is 12.1. The summed E-state index contributed by atoms with van der Waals surface area (Å²) in [7, 11) is -9.97. The molecule has 5 atom stereocenters. The van der Waals surface area contributed by atoms with Crippen LogP contribution in [0.15, 0.2) is 109 Å². The third-order valence-corrected chi connectivity index (χ3v) is 18.6. The molecule has 0 aromatic rings. The fourth-order valence-electron chi connectivity index (χ4n) is 10.6. The van der Waals surface area contributed by atoms with E-state index in [1.165, 1.54) is 83.5 Å². The van der Waals surface area contributed by atoms with E-state index < -0.39 is 97.5 Å². The Kier molecular flexibility index (Phi) is 71.8. The van der Waals surface area contributed by atoms with Crippen LogP contribution in [0.4, 0.5) is 0 Å². The van der Waals surface area contributed by atoms with Crippen LogP contribution < -0.4 is 0 Å². The van der Waals surface area contributed by atoms with Crippen LogP contribution in [0.3, 0.4) is 0 Å². The molecule has 19 heteroatoms. The molecule has 0 bridgehead atoms. The molecule has 0 aromatic heterocycles. The Hall–Kier alpha value is -4.28. The zero-order chi connectivity index (χ0) is 74.6. The lowest BCUT2D eigenvalue weighted by molar-refractivity contribution is -0.161. The number of aliphatic hydroxyl groups is 1. The summed E-state index contributed by atoms with van der Waals surface area (Å²) in [5.41, 5.74) is 0. The van der Waals surface area contributed by atoms with Crippen molar-refractivity contribution in [3.8, 4) is 0 Å². The van der Waals surface area contributed by atoms with Crippen molar-refractivity contribution in [3.05, 3.63) is 109 Å². The van der Waals surface area contributed by atoms with Gasteiger partial charge in [-0.15, -0.1) is 0 Å². The summed E-state index contributed by atoms with van der Waals surface area (Å²) in [4.78, 5) is 73.0. The molecule has 0 aromatic carbocycles. The van der Waals surface area contributed by atoms with E-state index in [0.717, 1.165) is 173 Å². The summed E-state index contributed by atoms with van der Waals surface area (Å²) in [6.07, 6.45) is 80.6. The second-order valence-electron chi connectivity index (χ2n) is 26.6. The molecule has 0 amide bonds. The quantitative estimate of drug-likeness (QED) is 0.0169. The lowest BCUT2D eigenvalue weighted by Crippen LogP contribution is -2.30. The van der Waals surface area contributed by atoms with Crippen molar-refractivity contribution in [2.24, 2.45) is 0 Å². The first-order valence-corrected chi connectivity index (χ1v) is 43.1. The first kappa shape index (κ1) is 97.7. The van der Waals surface area contributed by atoms with E-state index in [9.17, 15) is 43.2 Å². The predicted molar refractivity (Wildman–Crippen MR) is 418 cm³/mol. The summed E-state index contributed by atoms with van der Waals surface area (Å²) in [5.74, 6) is -2.23. The van der Waals surface area contributed by atoms with Crippen molar-refractivity contribution in [2.45, 2.75) is 354 Å². The summed E-state index contributed by atoms with van der Waals surface area (Å²) < 4.78 is 68.6. The number of carbonyl (C=O) groups is 4. The SMILES string of the molecule is CC/C=C\C/C=C\C/C=C\C/C=C\C/C=C\CCCCCC(=O)OCC(COP(=O)(O)OCC(O)COP(=O)(O)OCC(COC(=O)CCCCCCC/C=C\C/C=C\CCCCC)OC(=O)CCCCCCC/C=C\CCCCCCCC)OC(=O)CCCCCCC/C=C\CCCCCC. The average Bonchev–Trinajstić information content (AvgIpc) is 0.908. The highest BCUT2D eigenvalue weighted by Gasteiger charge is 2.30. The molecule has 0 aliphatic carbocycles. The summed E-state index contributed by atoms with van der Waals surface area (Å²) >= 11 is 0. The third kappa shape index (κ3) is 74.0. The van der Waals surface area contributed by atoms with E-state index in [0.29, 0.717) is 25.7 Å². The highest BCUT2D eigenvalue weighted by molar-refractivity contribution is 7.47. The number of ether oxygens (including phenoxy) is 4. The van der Waals surface area contributed by atoms with Gasteiger partial charge < -0.3 is 33.8 Å². The Morgan fingerprint density at radius 2 is 0.510 bits per heavy atom. The first-order valence-electron chi connectivity index (χ1n) is 40.1. The van der Waals surface area contributed by atoms with Crippen LogP contribution in [0.5, 0.6) is 0 Å². The molecule has 0 aliphatic heterocycles. The number of phosphoric ester groups is 2. The van der Waals surface area contributed by atoms with Crippen LogP contribution in [-0.4, -0.2) is 96.7 Å².